The van der Waals surface area contributed by atoms with Crippen molar-refractivity contribution in [1.82, 2.24) is 14.7 Å². The van der Waals surface area contributed by atoms with Crippen LogP contribution in [-0.2, 0) is 9.53 Å². The maximum Gasteiger partial charge on any atom is 0.409 e. The monoisotopic (exact) mass is 351 g/mol. The van der Waals surface area contributed by atoms with Gasteiger partial charge in [-0.05, 0) is 18.4 Å². The molecule has 0 radical (unpaired) electrons. The Balaban J connectivity index is 1.44. The number of ether oxygens (including phenoxy) is 1. The molecular weight excluding hydrogens is 330 g/mol. The number of piperazine rings is 1. The number of nitrogens with zero attached hydrogens (tertiary/aromatic N) is 3. The van der Waals surface area contributed by atoms with Crippen LogP contribution in [0, 0.1) is 5.92 Å². The fourth-order valence-electron chi connectivity index (χ4n) is 2.94. The van der Waals surface area contributed by atoms with Gasteiger partial charge in [0.05, 0.1) is 17.4 Å². The lowest BCUT2D eigenvalue weighted by Gasteiger charge is -2.42. The minimum Gasteiger partial charge on any atom is -0.450 e. The van der Waals surface area contributed by atoms with Crippen molar-refractivity contribution in [2.75, 3.05) is 45.9 Å². The zero-order chi connectivity index (χ0) is 17.1. The molecule has 2 aliphatic heterocycles. The van der Waals surface area contributed by atoms with Gasteiger partial charge in [-0.1, -0.05) is 6.07 Å². The minimum absolute atomic E-state index is 0.00109. The minimum atomic E-state index is -0.319. The van der Waals surface area contributed by atoms with Crippen molar-refractivity contribution < 1.29 is 19.1 Å². The van der Waals surface area contributed by atoms with Crippen LogP contribution in [0.1, 0.15) is 16.6 Å². The molecule has 0 unspecified atom stereocenters. The van der Waals surface area contributed by atoms with Crippen molar-refractivity contribution in [3.8, 4) is 0 Å². The summed E-state index contributed by atoms with van der Waals surface area (Å²) in [7, 11) is 0. The molecule has 3 amide bonds. The number of hydrogen-bond donors (Lipinski definition) is 0. The van der Waals surface area contributed by atoms with Crippen molar-refractivity contribution in [1.29, 1.82) is 0 Å². The molecule has 1 aromatic rings. The fourth-order valence-corrected chi connectivity index (χ4v) is 3.63. The first kappa shape index (κ1) is 16.8. The van der Waals surface area contributed by atoms with Crippen LogP contribution < -0.4 is 0 Å². The van der Waals surface area contributed by atoms with Crippen LogP contribution in [0.5, 0.6) is 0 Å². The molecule has 0 aromatic carbocycles. The molecule has 130 valence electrons. The van der Waals surface area contributed by atoms with Crippen molar-refractivity contribution in [2.45, 2.75) is 6.92 Å². The largest absolute Gasteiger partial charge is 0.450 e. The first-order chi connectivity index (χ1) is 11.6. The zero-order valence-electron chi connectivity index (χ0n) is 13.6. The second-order valence-corrected chi connectivity index (χ2v) is 6.84. The van der Waals surface area contributed by atoms with Crippen molar-refractivity contribution in [3.05, 3.63) is 22.4 Å². The number of hydrogen-bond acceptors (Lipinski definition) is 5. The molecule has 3 heterocycles. The van der Waals surface area contributed by atoms with Gasteiger partial charge in [-0.3, -0.25) is 9.59 Å². The molecule has 8 heteroatoms. The molecular formula is C16H21N3O4S. The Morgan fingerprint density at radius 3 is 2.38 bits per heavy atom. The number of carbonyl (C=O) groups is 3. The van der Waals surface area contributed by atoms with Crippen LogP contribution in [0.25, 0.3) is 0 Å². The van der Waals surface area contributed by atoms with E-state index in [0.29, 0.717) is 50.8 Å². The lowest BCUT2D eigenvalue weighted by atomic mass is 9.97. The van der Waals surface area contributed by atoms with E-state index in [1.807, 2.05) is 11.4 Å². The van der Waals surface area contributed by atoms with Crippen molar-refractivity contribution in [2.24, 2.45) is 5.92 Å². The smallest absolute Gasteiger partial charge is 0.409 e. The van der Waals surface area contributed by atoms with Crippen LogP contribution in [-0.4, -0.2) is 78.5 Å². The van der Waals surface area contributed by atoms with Gasteiger partial charge in [-0.2, -0.15) is 0 Å². The molecule has 7 nitrogen and oxygen atoms in total. The highest BCUT2D eigenvalue weighted by Gasteiger charge is 2.39. The lowest BCUT2D eigenvalue weighted by Crippen LogP contribution is -2.59. The summed E-state index contributed by atoms with van der Waals surface area (Å²) in [6.07, 6.45) is -0.319. The molecule has 0 bridgehead atoms. The summed E-state index contributed by atoms with van der Waals surface area (Å²) >= 11 is 1.42. The van der Waals surface area contributed by atoms with E-state index >= 15 is 0 Å². The Bertz CT molecular complexity index is 605. The summed E-state index contributed by atoms with van der Waals surface area (Å²) in [5.41, 5.74) is 0. The standard InChI is InChI=1S/C16H21N3O4S/c1-2-23-16(22)18-7-5-17(6-8-18)14(20)12-10-19(11-12)15(21)13-4-3-9-24-13/h3-4,9,12H,2,5-8,10-11H2,1H3. The molecule has 2 aliphatic rings. The van der Waals surface area contributed by atoms with Crippen LogP contribution >= 0.6 is 11.3 Å². The number of thiophene rings is 1. The van der Waals surface area contributed by atoms with E-state index in [9.17, 15) is 14.4 Å². The highest BCUT2D eigenvalue weighted by atomic mass is 32.1. The van der Waals surface area contributed by atoms with Gasteiger partial charge in [0, 0.05) is 39.3 Å². The number of likely N-dealkylation sites (tertiary alicyclic amines) is 1. The highest BCUT2D eigenvalue weighted by molar-refractivity contribution is 7.12. The molecule has 24 heavy (non-hydrogen) atoms. The quantitative estimate of drug-likeness (QED) is 0.818. The van der Waals surface area contributed by atoms with Gasteiger partial charge >= 0.3 is 6.09 Å². The van der Waals surface area contributed by atoms with Crippen LogP contribution in [0.4, 0.5) is 4.79 Å². The van der Waals surface area contributed by atoms with Gasteiger partial charge in [-0.25, -0.2) is 4.79 Å². The maximum absolute atomic E-state index is 12.5. The van der Waals surface area contributed by atoms with E-state index in [0.717, 1.165) is 0 Å². The Hall–Kier alpha value is -2.09. The molecule has 1 aromatic heterocycles. The molecule has 0 N–H and O–H groups in total. The lowest BCUT2D eigenvalue weighted by molar-refractivity contribution is -0.141. The molecule has 2 saturated heterocycles. The van der Waals surface area contributed by atoms with Gasteiger partial charge in [0.2, 0.25) is 5.91 Å². The number of rotatable bonds is 3. The van der Waals surface area contributed by atoms with E-state index < -0.39 is 0 Å². The average molecular weight is 351 g/mol. The molecule has 3 rings (SSSR count). The van der Waals surface area contributed by atoms with Crippen LogP contribution in [0.15, 0.2) is 17.5 Å². The first-order valence-electron chi connectivity index (χ1n) is 8.13. The SMILES string of the molecule is CCOC(=O)N1CCN(C(=O)C2CN(C(=O)c3cccs3)C2)CC1. The normalized spacial score (nSPS) is 18.3. The third-order valence-electron chi connectivity index (χ3n) is 4.37. The summed E-state index contributed by atoms with van der Waals surface area (Å²) in [6.45, 7) is 5.12. The summed E-state index contributed by atoms with van der Waals surface area (Å²) in [5, 5.41) is 1.87. The van der Waals surface area contributed by atoms with Gasteiger partial charge in [0.1, 0.15) is 0 Å². The summed E-state index contributed by atoms with van der Waals surface area (Å²) in [4.78, 5) is 42.2. The Kier molecular flexibility index (Phi) is 5.03. The Morgan fingerprint density at radius 2 is 1.79 bits per heavy atom. The summed E-state index contributed by atoms with van der Waals surface area (Å²) in [6, 6.07) is 3.65. The van der Waals surface area contributed by atoms with Gasteiger partial charge in [0.15, 0.2) is 0 Å². The average Bonchev–Trinajstić information content (AvgIpc) is 3.08. The fraction of sp³-hybridized carbons (Fsp3) is 0.562. The number of amides is 3. The van der Waals surface area contributed by atoms with E-state index in [1.165, 1.54) is 11.3 Å². The Morgan fingerprint density at radius 1 is 1.12 bits per heavy atom. The highest BCUT2D eigenvalue weighted by Crippen LogP contribution is 2.23. The molecule has 0 aliphatic carbocycles. The van der Waals surface area contributed by atoms with Crippen molar-refractivity contribution >= 4 is 29.2 Å². The molecule has 0 saturated carbocycles. The second-order valence-electron chi connectivity index (χ2n) is 5.90. The molecule has 2 fully saturated rings. The summed E-state index contributed by atoms with van der Waals surface area (Å²) in [5.74, 6) is -0.0435. The van der Waals surface area contributed by atoms with E-state index in [-0.39, 0.29) is 23.8 Å². The van der Waals surface area contributed by atoms with Gasteiger partial charge in [-0.15, -0.1) is 11.3 Å². The summed E-state index contributed by atoms with van der Waals surface area (Å²) < 4.78 is 4.97. The van der Waals surface area contributed by atoms with Gasteiger partial charge < -0.3 is 19.4 Å². The second kappa shape index (κ2) is 7.21. The molecule has 0 atom stereocenters. The topological polar surface area (TPSA) is 70.2 Å². The Labute approximate surface area is 144 Å². The predicted octanol–water partition coefficient (Wildman–Crippen LogP) is 1.12. The van der Waals surface area contributed by atoms with E-state index in [1.54, 1.807) is 27.7 Å². The first-order valence-corrected chi connectivity index (χ1v) is 9.01. The maximum atomic E-state index is 12.5. The third kappa shape index (κ3) is 3.38. The van der Waals surface area contributed by atoms with Crippen LogP contribution in [0.2, 0.25) is 0 Å². The molecule has 0 spiro atoms. The van der Waals surface area contributed by atoms with Gasteiger partial charge in [0.25, 0.3) is 5.91 Å². The zero-order valence-corrected chi connectivity index (χ0v) is 14.5. The number of carbonyl (C=O) groups excluding carboxylic acids is 3. The predicted molar refractivity (Wildman–Crippen MR) is 88.9 cm³/mol. The third-order valence-corrected chi connectivity index (χ3v) is 5.23. The van der Waals surface area contributed by atoms with E-state index in [2.05, 4.69) is 0 Å². The van der Waals surface area contributed by atoms with Crippen molar-refractivity contribution in [3.63, 3.8) is 0 Å². The van der Waals surface area contributed by atoms with E-state index in [4.69, 9.17) is 4.74 Å². The van der Waals surface area contributed by atoms with Crippen LogP contribution in [0.3, 0.4) is 0 Å².